The number of sulfone groups is 1. The fourth-order valence-electron chi connectivity index (χ4n) is 3.61. The van der Waals surface area contributed by atoms with Gasteiger partial charge in [0, 0.05) is 38.0 Å². The molecule has 0 aromatic heterocycles. The van der Waals surface area contributed by atoms with Gasteiger partial charge in [0.1, 0.15) is 16.4 Å². The van der Waals surface area contributed by atoms with E-state index in [1.165, 1.54) is 47.7 Å². The Hall–Kier alpha value is -2.81. The molecule has 2 aromatic rings. The van der Waals surface area contributed by atoms with Gasteiger partial charge in [-0.1, -0.05) is 12.1 Å². The number of ether oxygens (including phenoxy) is 2. The number of hydrogen-bond acceptors (Lipinski definition) is 8. The van der Waals surface area contributed by atoms with Gasteiger partial charge in [0.15, 0.2) is 16.0 Å². The zero-order valence-corrected chi connectivity index (χ0v) is 19.7. The van der Waals surface area contributed by atoms with Crippen LogP contribution in [0, 0.1) is 11.5 Å². The molecule has 9 nitrogen and oxygen atoms in total. The molecule has 0 spiro atoms. The molecule has 1 aliphatic rings. The molecule has 1 heterocycles. The highest BCUT2D eigenvalue weighted by atomic mass is 32.2. The maximum Gasteiger partial charge on any atom is 0.247 e. The van der Waals surface area contributed by atoms with Crippen molar-refractivity contribution in [1.82, 2.24) is 9.21 Å². The SMILES string of the molecule is COc1ccc(OC)c(S(=O)(=O)N(Cc2ccc(S(C)(=O)=O)cc2)[C@@H]2CCN(C#N)C2)c1. The smallest absolute Gasteiger partial charge is 0.247 e. The molecule has 0 radical (unpaired) electrons. The summed E-state index contributed by atoms with van der Waals surface area (Å²) in [4.78, 5) is 1.63. The van der Waals surface area contributed by atoms with Crippen molar-refractivity contribution in [2.24, 2.45) is 0 Å². The molecule has 172 valence electrons. The number of hydrogen-bond donors (Lipinski definition) is 0. The van der Waals surface area contributed by atoms with Crippen LogP contribution >= 0.6 is 0 Å². The number of likely N-dealkylation sites (tertiary alicyclic amines) is 1. The molecule has 0 saturated carbocycles. The number of methoxy groups -OCH3 is 2. The number of rotatable bonds is 8. The zero-order chi connectivity index (χ0) is 23.5. The van der Waals surface area contributed by atoms with Crippen LogP contribution in [-0.4, -0.2) is 65.6 Å². The normalized spacial score (nSPS) is 16.7. The maximum absolute atomic E-state index is 13.8. The Morgan fingerprint density at radius 2 is 1.78 bits per heavy atom. The lowest BCUT2D eigenvalue weighted by Crippen LogP contribution is -2.41. The van der Waals surface area contributed by atoms with Crippen LogP contribution in [0.1, 0.15) is 12.0 Å². The minimum Gasteiger partial charge on any atom is -0.497 e. The first-order chi connectivity index (χ1) is 15.1. The van der Waals surface area contributed by atoms with Gasteiger partial charge >= 0.3 is 0 Å². The molecule has 2 aromatic carbocycles. The lowest BCUT2D eigenvalue weighted by Gasteiger charge is -2.28. The van der Waals surface area contributed by atoms with Gasteiger partial charge in [-0.05, 0) is 36.2 Å². The van der Waals surface area contributed by atoms with Crippen molar-refractivity contribution >= 4 is 19.9 Å². The minimum atomic E-state index is -4.05. The van der Waals surface area contributed by atoms with Crippen LogP contribution in [0.2, 0.25) is 0 Å². The highest BCUT2D eigenvalue weighted by molar-refractivity contribution is 7.90. The van der Waals surface area contributed by atoms with E-state index >= 15 is 0 Å². The summed E-state index contributed by atoms with van der Waals surface area (Å²) in [5.74, 6) is 0.547. The van der Waals surface area contributed by atoms with Crippen LogP contribution in [0.25, 0.3) is 0 Å². The molecular weight excluding hydrogens is 454 g/mol. The Morgan fingerprint density at radius 3 is 2.31 bits per heavy atom. The molecule has 0 bridgehead atoms. The Morgan fingerprint density at radius 1 is 1.09 bits per heavy atom. The predicted molar refractivity (Wildman–Crippen MR) is 117 cm³/mol. The highest BCUT2D eigenvalue weighted by Gasteiger charge is 2.37. The molecule has 0 N–H and O–H groups in total. The van der Waals surface area contributed by atoms with Gasteiger partial charge in [0.25, 0.3) is 0 Å². The fraction of sp³-hybridized carbons (Fsp3) is 0.381. The van der Waals surface area contributed by atoms with Crippen LogP contribution in [0.3, 0.4) is 0 Å². The molecule has 1 fully saturated rings. The van der Waals surface area contributed by atoms with Gasteiger partial charge < -0.3 is 14.4 Å². The first-order valence-corrected chi connectivity index (χ1v) is 13.1. The third kappa shape index (κ3) is 4.98. The summed E-state index contributed by atoms with van der Waals surface area (Å²) in [6, 6.07) is 10.2. The van der Waals surface area contributed by atoms with E-state index in [1.807, 2.05) is 0 Å². The average Bonchev–Trinajstić information content (AvgIpc) is 3.25. The topological polar surface area (TPSA) is 117 Å². The van der Waals surface area contributed by atoms with Crippen LogP contribution in [0.5, 0.6) is 11.5 Å². The van der Waals surface area contributed by atoms with E-state index in [9.17, 15) is 22.1 Å². The molecule has 0 amide bonds. The summed E-state index contributed by atoms with van der Waals surface area (Å²) in [6.07, 6.45) is 3.67. The molecule has 0 unspecified atom stereocenters. The Kier molecular flexibility index (Phi) is 6.97. The van der Waals surface area contributed by atoms with Crippen LogP contribution in [-0.2, 0) is 26.4 Å². The second-order valence-electron chi connectivity index (χ2n) is 7.47. The molecule has 1 aliphatic heterocycles. The molecule has 3 rings (SSSR count). The van der Waals surface area contributed by atoms with Crippen molar-refractivity contribution in [2.45, 2.75) is 28.8 Å². The van der Waals surface area contributed by atoms with Gasteiger partial charge in [0.2, 0.25) is 10.0 Å². The van der Waals surface area contributed by atoms with Gasteiger partial charge in [-0.3, -0.25) is 0 Å². The van der Waals surface area contributed by atoms with Crippen LogP contribution in [0.15, 0.2) is 52.3 Å². The summed E-state index contributed by atoms with van der Waals surface area (Å²) in [5.41, 5.74) is 0.623. The van der Waals surface area contributed by atoms with Gasteiger partial charge in [-0.25, -0.2) is 16.8 Å². The second-order valence-corrected chi connectivity index (χ2v) is 11.3. The van der Waals surface area contributed by atoms with Crippen LogP contribution < -0.4 is 9.47 Å². The van der Waals surface area contributed by atoms with E-state index in [0.29, 0.717) is 24.3 Å². The highest BCUT2D eigenvalue weighted by Crippen LogP contribution is 2.34. The summed E-state index contributed by atoms with van der Waals surface area (Å²) >= 11 is 0. The van der Waals surface area contributed by atoms with E-state index < -0.39 is 25.9 Å². The van der Waals surface area contributed by atoms with Crippen molar-refractivity contribution in [3.05, 3.63) is 48.0 Å². The fourth-order valence-corrected chi connectivity index (χ4v) is 6.05. The summed E-state index contributed by atoms with van der Waals surface area (Å²) in [7, 11) is -4.59. The summed E-state index contributed by atoms with van der Waals surface area (Å²) < 4.78 is 62.9. The Labute approximate surface area is 188 Å². The third-order valence-corrected chi connectivity index (χ3v) is 8.41. The molecule has 32 heavy (non-hydrogen) atoms. The first kappa shape index (κ1) is 23.8. The van der Waals surface area contributed by atoms with Crippen LogP contribution in [0.4, 0.5) is 0 Å². The molecular formula is C21H25N3O6S2. The zero-order valence-electron chi connectivity index (χ0n) is 18.1. The summed E-state index contributed by atoms with van der Waals surface area (Å²) in [6.45, 7) is 0.732. The largest absolute Gasteiger partial charge is 0.497 e. The van der Waals surface area contributed by atoms with E-state index in [1.54, 1.807) is 18.2 Å². The van der Waals surface area contributed by atoms with Crippen molar-refractivity contribution < 1.29 is 26.3 Å². The molecule has 0 aliphatic carbocycles. The minimum absolute atomic E-state index is 0.0106. The molecule has 1 saturated heterocycles. The first-order valence-electron chi connectivity index (χ1n) is 9.77. The second kappa shape index (κ2) is 9.36. The van der Waals surface area contributed by atoms with Gasteiger partial charge in [-0.2, -0.15) is 9.57 Å². The third-order valence-electron chi connectivity index (χ3n) is 5.36. The maximum atomic E-state index is 13.8. The lowest BCUT2D eigenvalue weighted by atomic mass is 10.2. The average molecular weight is 480 g/mol. The quantitative estimate of drug-likeness (QED) is 0.527. The number of nitriles is 1. The van der Waals surface area contributed by atoms with Gasteiger partial charge in [0.05, 0.1) is 19.1 Å². The number of benzene rings is 2. The standard InChI is InChI=1S/C21H25N3O6S2/c1-29-18-6-9-20(30-2)21(12-18)32(27,28)24(17-10-11-23(14-17)15-22)13-16-4-7-19(8-5-16)31(3,25)26/h4-9,12,17H,10-11,13-14H2,1-3H3/t17-/m1/s1. The van der Waals surface area contributed by atoms with E-state index in [2.05, 4.69) is 6.19 Å². The van der Waals surface area contributed by atoms with E-state index in [-0.39, 0.29) is 28.6 Å². The van der Waals surface area contributed by atoms with Crippen molar-refractivity contribution in [1.29, 1.82) is 5.26 Å². The summed E-state index contributed by atoms with van der Waals surface area (Å²) in [5, 5.41) is 9.25. The predicted octanol–water partition coefficient (Wildman–Crippen LogP) is 1.85. The monoisotopic (exact) mass is 479 g/mol. The van der Waals surface area contributed by atoms with Gasteiger partial charge in [-0.15, -0.1) is 0 Å². The molecule has 11 heteroatoms. The van der Waals surface area contributed by atoms with E-state index in [4.69, 9.17) is 9.47 Å². The van der Waals surface area contributed by atoms with Crippen molar-refractivity contribution in [2.75, 3.05) is 33.6 Å². The van der Waals surface area contributed by atoms with E-state index in [0.717, 1.165) is 6.26 Å². The number of nitrogens with zero attached hydrogens (tertiary/aromatic N) is 3. The Balaban J connectivity index is 2.04. The van der Waals surface area contributed by atoms with Crippen molar-refractivity contribution in [3.63, 3.8) is 0 Å². The van der Waals surface area contributed by atoms with Crippen molar-refractivity contribution in [3.8, 4) is 17.7 Å². The lowest BCUT2D eigenvalue weighted by molar-refractivity contribution is 0.311. The number of sulfonamides is 1. The Bertz CT molecular complexity index is 1220. The molecule has 1 atom stereocenters.